The Bertz CT molecular complexity index is 1650. The van der Waals surface area contributed by atoms with Gasteiger partial charge in [-0.2, -0.15) is 8.78 Å². The van der Waals surface area contributed by atoms with Crippen molar-refractivity contribution in [1.29, 1.82) is 0 Å². The number of fused-ring (bicyclic) bond motifs is 1. The lowest BCUT2D eigenvalue weighted by atomic mass is 9.90. The standard InChI is InChI=1S/C32H43F2N7O4Si/c1-32(2,3)45-31(42)37-21-10-9-11-22(16-21)41-26-17-24(28-36-19-40(39-28)20-43-14-15-46(4,5)6)35-18-25(26)38-29(41)23-12-7-8-13-27(23)44-30(33)34/h7-8,12-13,17-19,21-22,30H,9-11,14-16,20H2,1-6H3,(H,37,42)/t21-,22+/m0/s1. The quantitative estimate of drug-likeness (QED) is 0.132. The largest absolute Gasteiger partial charge is 0.444 e. The zero-order valence-electron chi connectivity index (χ0n) is 27.3. The maximum absolute atomic E-state index is 13.4. The summed E-state index contributed by atoms with van der Waals surface area (Å²) in [5.74, 6) is 0.929. The number of rotatable bonds is 11. The van der Waals surface area contributed by atoms with Crippen LogP contribution in [0, 0.1) is 0 Å². The van der Waals surface area contributed by atoms with Gasteiger partial charge in [-0.25, -0.2) is 19.4 Å². The summed E-state index contributed by atoms with van der Waals surface area (Å²) in [6, 6.07) is 9.29. The number of nitrogens with one attached hydrogen (secondary N) is 1. The molecule has 0 spiro atoms. The highest BCUT2D eigenvalue weighted by molar-refractivity contribution is 6.76. The van der Waals surface area contributed by atoms with Crippen molar-refractivity contribution >= 4 is 25.2 Å². The molecule has 2 atom stereocenters. The number of nitrogens with zero attached hydrogens (tertiary/aromatic N) is 6. The molecule has 1 aliphatic rings. The van der Waals surface area contributed by atoms with Crippen LogP contribution in [0.5, 0.6) is 5.75 Å². The van der Waals surface area contributed by atoms with Gasteiger partial charge in [0, 0.05) is 26.8 Å². The molecule has 1 aliphatic carbocycles. The van der Waals surface area contributed by atoms with Crippen LogP contribution < -0.4 is 10.1 Å². The van der Waals surface area contributed by atoms with E-state index in [1.54, 1.807) is 35.4 Å². The van der Waals surface area contributed by atoms with E-state index >= 15 is 0 Å². The number of carbonyl (C=O) groups is 1. The summed E-state index contributed by atoms with van der Waals surface area (Å²) in [5, 5.41) is 7.60. The first kappa shape index (κ1) is 33.5. The molecule has 0 bridgehead atoms. The van der Waals surface area contributed by atoms with Crippen molar-refractivity contribution in [2.45, 2.75) is 103 Å². The predicted octanol–water partition coefficient (Wildman–Crippen LogP) is 7.28. The third-order valence-corrected chi connectivity index (χ3v) is 9.34. The number of imidazole rings is 1. The SMILES string of the molecule is CC(C)(C)OC(=O)N[C@H]1CCC[C@@H](n2c(-c3ccccc3OC(F)F)nc3cnc(-c4ncn(COCC[Si](C)(C)C)n4)cc32)C1. The molecule has 1 saturated carbocycles. The van der Waals surface area contributed by atoms with Gasteiger partial charge in [0.1, 0.15) is 41.4 Å². The first-order valence-corrected chi connectivity index (χ1v) is 19.4. The van der Waals surface area contributed by atoms with Gasteiger partial charge in [-0.1, -0.05) is 31.8 Å². The van der Waals surface area contributed by atoms with Gasteiger partial charge in [0.2, 0.25) is 0 Å². The average Bonchev–Trinajstić information content (AvgIpc) is 3.58. The lowest BCUT2D eigenvalue weighted by Crippen LogP contribution is -2.41. The van der Waals surface area contributed by atoms with Gasteiger partial charge < -0.3 is 24.1 Å². The number of hydrogen-bond donors (Lipinski definition) is 1. The first-order valence-electron chi connectivity index (χ1n) is 15.6. The molecule has 0 aliphatic heterocycles. The van der Waals surface area contributed by atoms with E-state index in [-0.39, 0.29) is 24.6 Å². The van der Waals surface area contributed by atoms with Crippen molar-refractivity contribution in [2.24, 2.45) is 0 Å². The Morgan fingerprint density at radius 3 is 2.67 bits per heavy atom. The Hall–Kier alpha value is -3.91. The van der Waals surface area contributed by atoms with Crippen LogP contribution in [-0.2, 0) is 16.2 Å². The number of pyridine rings is 1. The highest BCUT2D eigenvalue weighted by Gasteiger charge is 2.30. The fraction of sp³-hybridized carbons (Fsp3) is 0.531. The Balaban J connectivity index is 1.49. The van der Waals surface area contributed by atoms with Crippen molar-refractivity contribution in [2.75, 3.05) is 6.61 Å². The number of aromatic nitrogens is 6. The van der Waals surface area contributed by atoms with E-state index in [4.69, 9.17) is 19.2 Å². The molecule has 0 unspecified atom stereocenters. The molecule has 14 heteroatoms. The fourth-order valence-corrected chi connectivity index (χ4v) is 6.30. The Kier molecular flexibility index (Phi) is 10.1. The summed E-state index contributed by atoms with van der Waals surface area (Å²) in [5.41, 5.74) is 1.68. The molecule has 3 aromatic heterocycles. The monoisotopic (exact) mass is 655 g/mol. The highest BCUT2D eigenvalue weighted by Crippen LogP contribution is 2.39. The zero-order valence-corrected chi connectivity index (χ0v) is 28.3. The maximum atomic E-state index is 13.4. The van der Waals surface area contributed by atoms with Crippen molar-refractivity contribution in [3.05, 3.63) is 42.9 Å². The molecule has 1 amide bonds. The molecule has 1 aromatic carbocycles. The number of halogens is 2. The second-order valence-corrected chi connectivity index (χ2v) is 19.5. The van der Waals surface area contributed by atoms with Gasteiger partial charge in [-0.15, -0.1) is 5.10 Å². The molecule has 3 heterocycles. The smallest absolute Gasteiger partial charge is 0.407 e. The van der Waals surface area contributed by atoms with Gasteiger partial charge >= 0.3 is 12.7 Å². The van der Waals surface area contributed by atoms with E-state index in [9.17, 15) is 13.6 Å². The number of hydrogen-bond acceptors (Lipinski definition) is 8. The Labute approximate surface area is 268 Å². The van der Waals surface area contributed by atoms with E-state index < -0.39 is 26.4 Å². The molecule has 5 rings (SSSR count). The number of para-hydroxylation sites is 1. The van der Waals surface area contributed by atoms with Crippen LogP contribution in [-0.4, -0.2) is 68.3 Å². The van der Waals surface area contributed by atoms with E-state index in [1.165, 1.54) is 6.07 Å². The van der Waals surface area contributed by atoms with E-state index in [1.807, 2.05) is 31.4 Å². The van der Waals surface area contributed by atoms with E-state index in [2.05, 4.69) is 40.0 Å². The summed E-state index contributed by atoms with van der Waals surface area (Å²) in [7, 11) is -1.21. The topological polar surface area (TPSA) is 118 Å². The minimum atomic E-state index is -3.00. The van der Waals surface area contributed by atoms with Gasteiger partial charge in [-0.05, 0) is 70.7 Å². The molecular formula is C32H43F2N7O4Si. The highest BCUT2D eigenvalue weighted by atomic mass is 28.3. The van der Waals surface area contributed by atoms with Crippen molar-refractivity contribution in [3.8, 4) is 28.7 Å². The molecule has 248 valence electrons. The number of benzene rings is 1. The molecule has 1 N–H and O–H groups in total. The molecule has 0 radical (unpaired) electrons. The van der Waals surface area contributed by atoms with Crippen LogP contribution in [0.1, 0.15) is 52.5 Å². The van der Waals surface area contributed by atoms with Gasteiger partial charge in [0.25, 0.3) is 0 Å². The summed E-state index contributed by atoms with van der Waals surface area (Å²) in [6.45, 7) is 10.3. The summed E-state index contributed by atoms with van der Waals surface area (Å²) >= 11 is 0. The third kappa shape index (κ3) is 8.66. The zero-order chi connectivity index (χ0) is 33.1. The van der Waals surface area contributed by atoms with Gasteiger partial charge in [0.05, 0.1) is 17.3 Å². The lowest BCUT2D eigenvalue weighted by molar-refractivity contribution is -0.0494. The molecule has 0 saturated heterocycles. The van der Waals surface area contributed by atoms with Crippen LogP contribution in [0.25, 0.3) is 33.9 Å². The van der Waals surface area contributed by atoms with Crippen molar-refractivity contribution in [1.82, 2.24) is 34.6 Å². The second kappa shape index (κ2) is 13.8. The normalized spacial score (nSPS) is 17.4. The predicted molar refractivity (Wildman–Crippen MR) is 173 cm³/mol. The molecule has 11 nitrogen and oxygen atoms in total. The van der Waals surface area contributed by atoms with Crippen molar-refractivity contribution in [3.63, 3.8) is 0 Å². The van der Waals surface area contributed by atoms with Crippen LogP contribution in [0.15, 0.2) is 42.9 Å². The number of ether oxygens (including phenoxy) is 3. The van der Waals surface area contributed by atoms with Crippen LogP contribution >= 0.6 is 0 Å². The molecule has 46 heavy (non-hydrogen) atoms. The van der Waals surface area contributed by atoms with Gasteiger partial charge in [0.15, 0.2) is 5.82 Å². The summed E-state index contributed by atoms with van der Waals surface area (Å²) < 4.78 is 46.8. The third-order valence-electron chi connectivity index (χ3n) is 7.64. The van der Waals surface area contributed by atoms with Crippen LogP contribution in [0.2, 0.25) is 25.7 Å². The Morgan fingerprint density at radius 2 is 1.93 bits per heavy atom. The summed E-state index contributed by atoms with van der Waals surface area (Å²) in [4.78, 5) is 26.6. The number of amides is 1. The minimum absolute atomic E-state index is 0.0241. The van der Waals surface area contributed by atoms with Crippen molar-refractivity contribution < 1.29 is 27.8 Å². The number of alkyl carbamates (subject to hydrolysis) is 1. The fourth-order valence-electron chi connectivity index (χ4n) is 5.55. The van der Waals surface area contributed by atoms with Gasteiger partial charge in [-0.3, -0.25) is 4.98 Å². The lowest BCUT2D eigenvalue weighted by Gasteiger charge is -2.32. The number of alkyl halides is 2. The van der Waals surface area contributed by atoms with Crippen LogP contribution in [0.3, 0.4) is 0 Å². The van der Waals surface area contributed by atoms with E-state index in [0.29, 0.717) is 41.5 Å². The van der Waals surface area contributed by atoms with E-state index in [0.717, 1.165) is 30.8 Å². The number of carbonyl (C=O) groups excluding carboxylic acids is 1. The molecule has 4 aromatic rings. The Morgan fingerprint density at radius 1 is 1.15 bits per heavy atom. The second-order valence-electron chi connectivity index (χ2n) is 13.9. The minimum Gasteiger partial charge on any atom is -0.444 e. The maximum Gasteiger partial charge on any atom is 0.407 e. The first-order chi connectivity index (χ1) is 21.8. The average molecular weight is 656 g/mol. The van der Waals surface area contributed by atoms with Crippen LogP contribution in [0.4, 0.5) is 13.6 Å². The molecule has 1 fully saturated rings. The summed E-state index contributed by atoms with van der Waals surface area (Å²) in [6.07, 6.45) is 5.80. The molecular weight excluding hydrogens is 612 g/mol.